The topological polar surface area (TPSA) is 27.1 Å². The number of hydrogen-bond acceptors (Lipinski definition) is 2. The van der Waals surface area contributed by atoms with E-state index >= 15 is 0 Å². The van der Waals surface area contributed by atoms with Crippen LogP contribution in [-0.2, 0) is 0 Å². The van der Waals surface area contributed by atoms with Crippen LogP contribution in [0.4, 0.5) is 0 Å². The molecule has 0 atom stereocenters. The number of imidazole rings is 1. The van der Waals surface area contributed by atoms with Gasteiger partial charge in [0, 0.05) is 18.0 Å². The number of hydrogen-bond donors (Lipinski definition) is 0. The van der Waals surface area contributed by atoms with Crippen molar-refractivity contribution in [3.05, 3.63) is 96.3 Å². The monoisotopic (exact) mass is 340 g/mol. The van der Waals surface area contributed by atoms with Crippen molar-refractivity contribution < 1.29 is 4.74 Å². The van der Waals surface area contributed by atoms with E-state index in [4.69, 9.17) is 4.74 Å². The van der Waals surface area contributed by atoms with Gasteiger partial charge in [-0.15, -0.1) is 0 Å². The third-order valence-electron chi connectivity index (χ3n) is 4.36. The van der Waals surface area contributed by atoms with E-state index in [2.05, 4.69) is 47.7 Å². The molecule has 4 rings (SSSR count). The van der Waals surface area contributed by atoms with Crippen molar-refractivity contribution in [3.8, 4) is 28.6 Å². The second-order valence-corrected chi connectivity index (χ2v) is 6.31. The molecule has 0 bridgehead atoms. The lowest BCUT2D eigenvalue weighted by atomic mass is 10.1. The Balaban J connectivity index is 1.74. The molecule has 1 aromatic heterocycles. The number of nitrogens with zero attached hydrogens (tertiary/aromatic N) is 2. The maximum atomic E-state index is 6.00. The number of rotatable bonds is 4. The molecule has 0 aliphatic rings. The first-order valence-corrected chi connectivity index (χ1v) is 8.65. The fraction of sp³-hybridized carbons (Fsp3) is 0.0870. The van der Waals surface area contributed by atoms with Gasteiger partial charge in [-0.25, -0.2) is 4.98 Å². The molecule has 0 fully saturated rings. The highest BCUT2D eigenvalue weighted by Crippen LogP contribution is 2.31. The van der Waals surface area contributed by atoms with E-state index in [1.807, 2.05) is 60.9 Å². The summed E-state index contributed by atoms with van der Waals surface area (Å²) in [7, 11) is 0. The van der Waals surface area contributed by atoms with Gasteiger partial charge in [0.15, 0.2) is 0 Å². The SMILES string of the molecule is Cc1cc(Oc2ccccc2)cc(C)c1-n1ccnc1-c1ccccc1. The molecule has 3 aromatic carbocycles. The predicted octanol–water partition coefficient (Wildman–Crippen LogP) is 5.95. The Morgan fingerprint density at radius 1 is 0.769 bits per heavy atom. The molecule has 0 saturated heterocycles. The highest BCUT2D eigenvalue weighted by molar-refractivity contribution is 5.62. The van der Waals surface area contributed by atoms with Crippen LogP contribution in [0.25, 0.3) is 17.1 Å². The average molecular weight is 340 g/mol. The normalized spacial score (nSPS) is 10.7. The second kappa shape index (κ2) is 6.89. The Labute approximate surface area is 153 Å². The van der Waals surface area contributed by atoms with Gasteiger partial charge < -0.3 is 4.74 Å². The minimum atomic E-state index is 0.839. The van der Waals surface area contributed by atoms with Gasteiger partial charge in [-0.05, 0) is 49.2 Å². The Bertz CT molecular complexity index is 998. The van der Waals surface area contributed by atoms with Crippen LogP contribution in [0.1, 0.15) is 11.1 Å². The van der Waals surface area contributed by atoms with E-state index in [1.165, 1.54) is 0 Å². The highest BCUT2D eigenvalue weighted by Gasteiger charge is 2.13. The fourth-order valence-corrected chi connectivity index (χ4v) is 3.26. The number of benzene rings is 3. The summed E-state index contributed by atoms with van der Waals surface area (Å²) in [6.07, 6.45) is 3.85. The molecule has 0 aliphatic carbocycles. The quantitative estimate of drug-likeness (QED) is 0.459. The molecule has 128 valence electrons. The van der Waals surface area contributed by atoms with Crippen molar-refractivity contribution in [2.45, 2.75) is 13.8 Å². The number of ether oxygens (including phenoxy) is 1. The summed E-state index contributed by atoms with van der Waals surface area (Å²) < 4.78 is 8.15. The molecule has 4 aromatic rings. The van der Waals surface area contributed by atoms with E-state index in [-0.39, 0.29) is 0 Å². The van der Waals surface area contributed by atoms with E-state index in [0.29, 0.717) is 0 Å². The Hall–Kier alpha value is -3.33. The highest BCUT2D eigenvalue weighted by atomic mass is 16.5. The lowest BCUT2D eigenvalue weighted by Gasteiger charge is -2.16. The minimum absolute atomic E-state index is 0.839. The van der Waals surface area contributed by atoms with Gasteiger partial charge in [-0.2, -0.15) is 0 Å². The van der Waals surface area contributed by atoms with E-state index in [1.54, 1.807) is 0 Å². The molecule has 0 spiro atoms. The standard InChI is InChI=1S/C23H20N2O/c1-17-15-21(26-20-11-7-4-8-12-20)16-18(2)22(17)25-14-13-24-23(25)19-9-5-3-6-10-19/h3-16H,1-2H3. The average Bonchev–Trinajstić information content (AvgIpc) is 3.12. The van der Waals surface area contributed by atoms with Crippen molar-refractivity contribution in [3.63, 3.8) is 0 Å². The lowest BCUT2D eigenvalue weighted by Crippen LogP contribution is -2.02. The summed E-state index contributed by atoms with van der Waals surface area (Å²) in [5, 5.41) is 0. The molecule has 26 heavy (non-hydrogen) atoms. The maximum Gasteiger partial charge on any atom is 0.144 e. The van der Waals surface area contributed by atoms with E-state index in [9.17, 15) is 0 Å². The third-order valence-corrected chi connectivity index (χ3v) is 4.36. The van der Waals surface area contributed by atoms with Gasteiger partial charge in [0.2, 0.25) is 0 Å². The van der Waals surface area contributed by atoms with Crippen molar-refractivity contribution >= 4 is 0 Å². The summed E-state index contributed by atoms with van der Waals surface area (Å²) in [5.41, 5.74) is 4.53. The van der Waals surface area contributed by atoms with Gasteiger partial charge in [0.1, 0.15) is 17.3 Å². The van der Waals surface area contributed by atoms with Crippen LogP contribution in [0.2, 0.25) is 0 Å². The molecule has 1 heterocycles. The van der Waals surface area contributed by atoms with Crippen LogP contribution >= 0.6 is 0 Å². The summed E-state index contributed by atoms with van der Waals surface area (Å²) in [5.74, 6) is 2.62. The van der Waals surface area contributed by atoms with Gasteiger partial charge in [-0.1, -0.05) is 48.5 Å². The molecular formula is C23H20N2O. The first-order chi connectivity index (χ1) is 12.7. The Morgan fingerprint density at radius 2 is 1.38 bits per heavy atom. The van der Waals surface area contributed by atoms with Crippen molar-refractivity contribution in [1.29, 1.82) is 0 Å². The Morgan fingerprint density at radius 3 is 2.04 bits per heavy atom. The molecular weight excluding hydrogens is 320 g/mol. The van der Waals surface area contributed by atoms with Crippen molar-refractivity contribution in [2.75, 3.05) is 0 Å². The molecule has 0 unspecified atom stereocenters. The van der Waals surface area contributed by atoms with Gasteiger partial charge in [0.05, 0.1) is 5.69 Å². The fourth-order valence-electron chi connectivity index (χ4n) is 3.26. The third kappa shape index (κ3) is 3.11. The van der Waals surface area contributed by atoms with Crippen LogP contribution in [0.5, 0.6) is 11.5 Å². The summed E-state index contributed by atoms with van der Waals surface area (Å²) >= 11 is 0. The molecule has 0 amide bonds. The maximum absolute atomic E-state index is 6.00. The zero-order valence-electron chi connectivity index (χ0n) is 14.9. The molecule has 3 nitrogen and oxygen atoms in total. The number of aryl methyl sites for hydroxylation is 2. The van der Waals surface area contributed by atoms with Crippen LogP contribution in [-0.4, -0.2) is 9.55 Å². The molecule has 3 heteroatoms. The van der Waals surface area contributed by atoms with E-state index < -0.39 is 0 Å². The molecule has 0 N–H and O–H groups in total. The summed E-state index contributed by atoms with van der Waals surface area (Å²) in [4.78, 5) is 4.57. The van der Waals surface area contributed by atoms with Crippen LogP contribution < -0.4 is 4.74 Å². The first-order valence-electron chi connectivity index (χ1n) is 8.65. The van der Waals surface area contributed by atoms with Gasteiger partial charge in [-0.3, -0.25) is 4.57 Å². The van der Waals surface area contributed by atoms with Crippen molar-refractivity contribution in [1.82, 2.24) is 9.55 Å². The summed E-state index contributed by atoms with van der Waals surface area (Å²) in [6, 6.07) is 24.2. The van der Waals surface area contributed by atoms with Gasteiger partial charge >= 0.3 is 0 Å². The van der Waals surface area contributed by atoms with Crippen molar-refractivity contribution in [2.24, 2.45) is 0 Å². The lowest BCUT2D eigenvalue weighted by molar-refractivity contribution is 0.481. The molecule has 0 aliphatic heterocycles. The predicted molar refractivity (Wildman–Crippen MR) is 105 cm³/mol. The zero-order valence-corrected chi connectivity index (χ0v) is 14.9. The first kappa shape index (κ1) is 16.2. The number of aromatic nitrogens is 2. The largest absolute Gasteiger partial charge is 0.457 e. The zero-order chi connectivity index (χ0) is 17.9. The van der Waals surface area contributed by atoms with Gasteiger partial charge in [0.25, 0.3) is 0 Å². The second-order valence-electron chi connectivity index (χ2n) is 6.31. The molecule has 0 radical (unpaired) electrons. The van der Waals surface area contributed by atoms with Crippen LogP contribution in [0, 0.1) is 13.8 Å². The summed E-state index contributed by atoms with van der Waals surface area (Å²) in [6.45, 7) is 4.21. The Kier molecular flexibility index (Phi) is 4.28. The smallest absolute Gasteiger partial charge is 0.144 e. The van der Waals surface area contributed by atoms with Crippen LogP contribution in [0.3, 0.4) is 0 Å². The van der Waals surface area contributed by atoms with Crippen LogP contribution in [0.15, 0.2) is 85.2 Å². The minimum Gasteiger partial charge on any atom is -0.457 e. The van der Waals surface area contributed by atoms with E-state index in [0.717, 1.165) is 39.7 Å². The number of para-hydroxylation sites is 1. The molecule has 0 saturated carbocycles.